The summed E-state index contributed by atoms with van der Waals surface area (Å²) in [5.74, 6) is 1.12. The van der Waals surface area contributed by atoms with Crippen LogP contribution in [0, 0.1) is 0 Å². The van der Waals surface area contributed by atoms with E-state index in [-0.39, 0.29) is 0 Å². The molecule has 0 atom stereocenters. The van der Waals surface area contributed by atoms with Gasteiger partial charge in [0.25, 0.3) is 0 Å². The molecule has 0 spiro atoms. The van der Waals surface area contributed by atoms with E-state index in [9.17, 15) is 0 Å². The summed E-state index contributed by atoms with van der Waals surface area (Å²) in [6, 6.07) is 0. The van der Waals surface area contributed by atoms with Crippen LogP contribution in [0.3, 0.4) is 0 Å². The molecule has 5 nitrogen and oxygen atoms in total. The molecule has 0 fully saturated rings. The maximum absolute atomic E-state index is 4.28. The minimum Gasteiger partial charge on any atom is -0.338 e. The summed E-state index contributed by atoms with van der Waals surface area (Å²) < 4.78 is 3.89. The smallest absolute Gasteiger partial charge is 0.109 e. The summed E-state index contributed by atoms with van der Waals surface area (Å²) in [5.41, 5.74) is 1.27. The SMILES string of the molecule is Cn1cc(CCNCCc2nccn2C)cn1. The Hall–Kier alpha value is -1.62. The molecule has 2 rings (SSSR count). The van der Waals surface area contributed by atoms with Crippen LogP contribution in [0.15, 0.2) is 24.8 Å². The molecule has 0 saturated carbocycles. The quantitative estimate of drug-likeness (QED) is 0.740. The van der Waals surface area contributed by atoms with E-state index in [1.807, 2.05) is 37.4 Å². The van der Waals surface area contributed by atoms with Crippen molar-refractivity contribution in [2.24, 2.45) is 14.1 Å². The molecule has 92 valence electrons. The van der Waals surface area contributed by atoms with Gasteiger partial charge in [0.1, 0.15) is 5.82 Å². The summed E-state index contributed by atoms with van der Waals surface area (Å²) in [6.07, 6.45) is 9.78. The van der Waals surface area contributed by atoms with Crippen LogP contribution in [0.5, 0.6) is 0 Å². The zero-order valence-corrected chi connectivity index (χ0v) is 10.4. The van der Waals surface area contributed by atoms with E-state index in [4.69, 9.17) is 0 Å². The summed E-state index contributed by atoms with van der Waals surface area (Å²) in [4.78, 5) is 4.28. The number of nitrogens with one attached hydrogen (secondary N) is 1. The molecular weight excluding hydrogens is 214 g/mol. The van der Waals surface area contributed by atoms with Gasteiger partial charge in [-0.25, -0.2) is 4.98 Å². The minimum absolute atomic E-state index is 0.963. The first-order chi connectivity index (χ1) is 8.25. The van der Waals surface area contributed by atoms with Crippen LogP contribution in [0.4, 0.5) is 0 Å². The van der Waals surface area contributed by atoms with E-state index in [1.54, 1.807) is 0 Å². The molecule has 0 unspecified atom stereocenters. The van der Waals surface area contributed by atoms with E-state index in [1.165, 1.54) is 5.56 Å². The lowest BCUT2D eigenvalue weighted by molar-refractivity contribution is 0.652. The van der Waals surface area contributed by atoms with Crippen molar-refractivity contribution < 1.29 is 0 Å². The van der Waals surface area contributed by atoms with Crippen molar-refractivity contribution in [2.45, 2.75) is 12.8 Å². The van der Waals surface area contributed by atoms with Gasteiger partial charge in [-0.2, -0.15) is 5.10 Å². The number of nitrogens with zero attached hydrogens (tertiary/aromatic N) is 4. The number of hydrogen-bond acceptors (Lipinski definition) is 3. The number of aryl methyl sites for hydroxylation is 2. The molecule has 5 heteroatoms. The zero-order chi connectivity index (χ0) is 12.1. The molecule has 1 N–H and O–H groups in total. The Morgan fingerprint density at radius 2 is 2.06 bits per heavy atom. The molecule has 0 saturated heterocycles. The van der Waals surface area contributed by atoms with Crippen LogP contribution < -0.4 is 5.32 Å². The van der Waals surface area contributed by atoms with Gasteiger partial charge in [-0.1, -0.05) is 0 Å². The third-order valence-corrected chi connectivity index (χ3v) is 2.80. The van der Waals surface area contributed by atoms with Crippen molar-refractivity contribution in [2.75, 3.05) is 13.1 Å². The van der Waals surface area contributed by atoms with Gasteiger partial charge in [-0.05, 0) is 18.5 Å². The predicted octanol–water partition coefficient (Wildman–Crippen LogP) is 0.528. The number of aromatic nitrogens is 4. The molecule has 2 aromatic heterocycles. The highest BCUT2D eigenvalue weighted by atomic mass is 15.2. The maximum atomic E-state index is 4.28. The highest BCUT2D eigenvalue weighted by molar-refractivity contribution is 5.03. The Bertz CT molecular complexity index is 457. The Labute approximate surface area is 101 Å². The third-order valence-electron chi connectivity index (χ3n) is 2.80. The lowest BCUT2D eigenvalue weighted by atomic mass is 10.2. The Morgan fingerprint density at radius 3 is 2.71 bits per heavy atom. The van der Waals surface area contributed by atoms with Crippen molar-refractivity contribution >= 4 is 0 Å². The summed E-state index contributed by atoms with van der Waals surface area (Å²) in [6.45, 7) is 1.95. The number of imidazole rings is 1. The second kappa shape index (κ2) is 5.63. The molecule has 2 heterocycles. The van der Waals surface area contributed by atoms with Crippen molar-refractivity contribution in [3.63, 3.8) is 0 Å². The van der Waals surface area contributed by atoms with Gasteiger partial charge in [-0.3, -0.25) is 4.68 Å². The average molecular weight is 233 g/mol. The first kappa shape index (κ1) is 11.9. The molecule has 17 heavy (non-hydrogen) atoms. The van der Waals surface area contributed by atoms with E-state index < -0.39 is 0 Å². The van der Waals surface area contributed by atoms with Gasteiger partial charge in [0.05, 0.1) is 6.20 Å². The van der Waals surface area contributed by atoms with E-state index in [0.717, 1.165) is 31.8 Å². The van der Waals surface area contributed by atoms with E-state index >= 15 is 0 Å². The molecule has 0 radical (unpaired) electrons. The van der Waals surface area contributed by atoms with Gasteiger partial charge in [-0.15, -0.1) is 0 Å². The molecule has 0 aliphatic rings. The topological polar surface area (TPSA) is 47.7 Å². The summed E-state index contributed by atoms with van der Waals surface area (Å²) in [7, 11) is 3.97. The van der Waals surface area contributed by atoms with Gasteiger partial charge >= 0.3 is 0 Å². The van der Waals surface area contributed by atoms with Crippen LogP contribution in [0.2, 0.25) is 0 Å². The first-order valence-electron chi connectivity index (χ1n) is 5.90. The molecule has 0 aliphatic heterocycles. The molecule has 0 aromatic carbocycles. The molecular formula is C12H19N5. The molecule has 2 aromatic rings. The second-order valence-corrected chi connectivity index (χ2v) is 4.23. The first-order valence-corrected chi connectivity index (χ1v) is 5.90. The standard InChI is InChI=1S/C12H19N5/c1-16-8-7-14-12(16)4-6-13-5-3-11-9-15-17(2)10-11/h7-10,13H,3-6H2,1-2H3. The van der Waals surface area contributed by atoms with Crippen molar-refractivity contribution in [1.29, 1.82) is 0 Å². The maximum Gasteiger partial charge on any atom is 0.109 e. The Morgan fingerprint density at radius 1 is 1.24 bits per heavy atom. The average Bonchev–Trinajstić information content (AvgIpc) is 2.88. The highest BCUT2D eigenvalue weighted by Crippen LogP contribution is 1.97. The predicted molar refractivity (Wildman–Crippen MR) is 66.7 cm³/mol. The van der Waals surface area contributed by atoms with Crippen LogP contribution in [0.25, 0.3) is 0 Å². The fraction of sp³-hybridized carbons (Fsp3) is 0.500. The monoisotopic (exact) mass is 233 g/mol. The summed E-state index contributed by atoms with van der Waals surface area (Å²) in [5, 5.41) is 7.56. The number of hydrogen-bond donors (Lipinski definition) is 1. The van der Waals surface area contributed by atoms with Gasteiger partial charge in [0.15, 0.2) is 0 Å². The molecule has 0 bridgehead atoms. The van der Waals surface area contributed by atoms with E-state index in [2.05, 4.69) is 26.2 Å². The largest absolute Gasteiger partial charge is 0.338 e. The third kappa shape index (κ3) is 3.42. The summed E-state index contributed by atoms with van der Waals surface area (Å²) >= 11 is 0. The minimum atomic E-state index is 0.963. The van der Waals surface area contributed by atoms with Crippen LogP contribution in [-0.4, -0.2) is 32.4 Å². The van der Waals surface area contributed by atoms with Gasteiger partial charge in [0, 0.05) is 45.7 Å². The van der Waals surface area contributed by atoms with Crippen molar-refractivity contribution in [3.8, 4) is 0 Å². The lowest BCUT2D eigenvalue weighted by Gasteiger charge is -2.03. The fourth-order valence-electron chi connectivity index (χ4n) is 1.80. The Balaban J connectivity index is 1.62. The van der Waals surface area contributed by atoms with Gasteiger partial charge in [0.2, 0.25) is 0 Å². The fourth-order valence-corrected chi connectivity index (χ4v) is 1.80. The number of rotatable bonds is 6. The van der Waals surface area contributed by atoms with Crippen LogP contribution in [-0.2, 0) is 26.9 Å². The highest BCUT2D eigenvalue weighted by Gasteiger charge is 1.99. The second-order valence-electron chi connectivity index (χ2n) is 4.23. The van der Waals surface area contributed by atoms with Gasteiger partial charge < -0.3 is 9.88 Å². The molecule has 0 amide bonds. The zero-order valence-electron chi connectivity index (χ0n) is 10.4. The van der Waals surface area contributed by atoms with Crippen LogP contribution >= 0.6 is 0 Å². The van der Waals surface area contributed by atoms with Crippen molar-refractivity contribution in [3.05, 3.63) is 36.2 Å². The van der Waals surface area contributed by atoms with E-state index in [0.29, 0.717) is 0 Å². The normalized spacial score (nSPS) is 10.9. The molecule has 0 aliphatic carbocycles. The Kier molecular flexibility index (Phi) is 3.93. The lowest BCUT2D eigenvalue weighted by Crippen LogP contribution is -2.21. The van der Waals surface area contributed by atoms with Crippen molar-refractivity contribution in [1.82, 2.24) is 24.6 Å². The van der Waals surface area contributed by atoms with Crippen LogP contribution in [0.1, 0.15) is 11.4 Å².